The fourth-order valence-electron chi connectivity index (χ4n) is 9.60. The van der Waals surface area contributed by atoms with Gasteiger partial charge in [-0.2, -0.15) is 0 Å². The first kappa shape index (κ1) is 55.1. The predicted octanol–water partition coefficient (Wildman–Crippen LogP) is 6.23. The quantitative estimate of drug-likeness (QED) is 0.0724. The first-order chi connectivity index (χ1) is 34.7. The number of rotatable bonds is 18. The van der Waals surface area contributed by atoms with Gasteiger partial charge in [-0.3, -0.25) is 33.8 Å². The summed E-state index contributed by atoms with van der Waals surface area (Å²) in [6.45, 7) is 18.2. The molecule has 3 aliphatic rings. The molecule has 0 spiro atoms. The van der Waals surface area contributed by atoms with Crippen LogP contribution in [0.25, 0.3) is 39.3 Å². The number of carbonyl (C=O) groups excluding carboxylic acids is 7. The van der Waals surface area contributed by atoms with Gasteiger partial charge < -0.3 is 53.2 Å². The Morgan fingerprint density at radius 3 is 2.08 bits per heavy atom. The monoisotopic (exact) mass is 1010 g/mol. The van der Waals surface area contributed by atoms with E-state index in [-0.39, 0.29) is 61.9 Å². The van der Waals surface area contributed by atoms with Gasteiger partial charge in [0.2, 0.25) is 5.91 Å². The number of ether oxygens (including phenoxy) is 8. The molecular formula is C53H65N5O15. The molecule has 0 saturated carbocycles. The number of nitrogens with zero attached hydrogens (tertiary/aromatic N) is 2. The highest BCUT2D eigenvalue weighted by atomic mass is 16.7. The Balaban J connectivity index is 1.32. The maximum absolute atomic E-state index is 13.8. The molecule has 6 rings (SSSR count). The van der Waals surface area contributed by atoms with Crippen LogP contribution in [0.4, 0.5) is 0 Å². The minimum absolute atomic E-state index is 0.0268. The number of aryl methyl sites for hydroxylation is 3. The van der Waals surface area contributed by atoms with Gasteiger partial charge in [-0.25, -0.2) is 9.78 Å². The molecule has 3 N–H and O–H groups in total. The van der Waals surface area contributed by atoms with E-state index in [2.05, 4.69) is 41.8 Å². The summed E-state index contributed by atoms with van der Waals surface area (Å²) in [5.41, 5.74) is 10.3. The Hall–Kier alpha value is -7.19. The lowest BCUT2D eigenvalue weighted by atomic mass is 9.84. The van der Waals surface area contributed by atoms with Crippen LogP contribution < -0.4 is 5.32 Å². The predicted molar refractivity (Wildman–Crippen MR) is 266 cm³/mol. The third-order valence-electron chi connectivity index (χ3n) is 13.2. The van der Waals surface area contributed by atoms with Crippen molar-refractivity contribution in [2.45, 2.75) is 137 Å². The highest BCUT2D eigenvalue weighted by Gasteiger charge is 2.53. The highest BCUT2D eigenvalue weighted by Crippen LogP contribution is 2.44. The van der Waals surface area contributed by atoms with Gasteiger partial charge >= 0.3 is 35.8 Å². The summed E-state index contributed by atoms with van der Waals surface area (Å²) in [7, 11) is 2.56. The largest absolute Gasteiger partial charge is 0.469 e. The van der Waals surface area contributed by atoms with Crippen LogP contribution in [0.15, 0.2) is 24.8 Å². The SMILES string of the molecule is C=Cc1c(C)c2cc3nc(c(CC(=O)OC)c4nc(cc5[nH]c(cc1[nH]2)c(C)c5CC)C(C)=C4C(=O)OC)[C@@H](CCC(=O)NCCCO[C@@H]1O[C@H](COC(C)=O)[C@@H](OC(C)=O)[C@H](OC(C)=O)[C@H]1OC(C)=O)[C@@H]3C. The average Bonchev–Trinajstić information content (AvgIpc) is 4.02. The van der Waals surface area contributed by atoms with Crippen molar-refractivity contribution in [1.29, 1.82) is 0 Å². The number of methoxy groups -OCH3 is 2. The number of aromatic nitrogens is 4. The maximum atomic E-state index is 13.8. The Labute approximate surface area is 422 Å². The van der Waals surface area contributed by atoms with Crippen molar-refractivity contribution in [3.63, 3.8) is 0 Å². The van der Waals surface area contributed by atoms with E-state index in [1.165, 1.54) is 21.1 Å². The molecule has 73 heavy (non-hydrogen) atoms. The van der Waals surface area contributed by atoms with Crippen molar-refractivity contribution in [1.82, 2.24) is 25.3 Å². The molecule has 1 saturated heterocycles. The van der Waals surface area contributed by atoms with Crippen LogP contribution in [0.3, 0.4) is 0 Å². The van der Waals surface area contributed by atoms with E-state index in [4.69, 9.17) is 47.9 Å². The van der Waals surface area contributed by atoms with Crippen LogP contribution in [0.1, 0.15) is 130 Å². The van der Waals surface area contributed by atoms with E-state index >= 15 is 0 Å². The molecule has 3 aromatic rings. The van der Waals surface area contributed by atoms with Gasteiger partial charge in [0.1, 0.15) is 12.7 Å². The van der Waals surface area contributed by atoms with E-state index < -0.39 is 79.0 Å². The van der Waals surface area contributed by atoms with Crippen LogP contribution in [0.5, 0.6) is 0 Å². The number of amides is 1. The number of aromatic amines is 2. The first-order valence-electron chi connectivity index (χ1n) is 24.1. The van der Waals surface area contributed by atoms with Crippen molar-refractivity contribution in [2.24, 2.45) is 0 Å². The van der Waals surface area contributed by atoms with Gasteiger partial charge in [0.25, 0.3) is 0 Å². The minimum Gasteiger partial charge on any atom is -0.469 e. The molecule has 0 aliphatic carbocycles. The summed E-state index contributed by atoms with van der Waals surface area (Å²) < 4.78 is 44.1. The van der Waals surface area contributed by atoms with Crippen molar-refractivity contribution in [2.75, 3.05) is 34.0 Å². The number of hydrogen-bond acceptors (Lipinski definition) is 17. The van der Waals surface area contributed by atoms with Gasteiger partial charge in [-0.15, -0.1) is 0 Å². The smallest absolute Gasteiger partial charge is 0.340 e. The molecule has 392 valence electrons. The summed E-state index contributed by atoms with van der Waals surface area (Å²) in [6.07, 6.45) is -3.93. The summed E-state index contributed by atoms with van der Waals surface area (Å²) >= 11 is 0. The minimum atomic E-state index is -1.40. The average molecular weight is 1010 g/mol. The van der Waals surface area contributed by atoms with Crippen LogP contribution in [-0.4, -0.2) is 126 Å². The molecule has 3 aromatic heterocycles. The van der Waals surface area contributed by atoms with Crippen molar-refractivity contribution in [3.05, 3.63) is 75.4 Å². The van der Waals surface area contributed by atoms with E-state index in [1.807, 2.05) is 32.1 Å². The molecule has 0 radical (unpaired) electrons. The summed E-state index contributed by atoms with van der Waals surface area (Å²) in [4.78, 5) is 107. The van der Waals surface area contributed by atoms with Crippen molar-refractivity contribution in [3.8, 4) is 0 Å². The van der Waals surface area contributed by atoms with E-state index in [1.54, 1.807) is 6.92 Å². The number of esters is 6. The van der Waals surface area contributed by atoms with E-state index in [0.29, 0.717) is 34.6 Å². The molecule has 6 heterocycles. The Morgan fingerprint density at radius 2 is 1.45 bits per heavy atom. The normalized spacial score (nSPS) is 20.4. The first-order valence-corrected chi connectivity index (χ1v) is 24.1. The Bertz CT molecular complexity index is 2880. The molecule has 8 bridgehead atoms. The molecule has 1 amide bonds. The third-order valence-corrected chi connectivity index (χ3v) is 13.2. The molecule has 7 atom stereocenters. The van der Waals surface area contributed by atoms with Gasteiger partial charge in [-0.05, 0) is 80.5 Å². The van der Waals surface area contributed by atoms with Gasteiger partial charge in [0.15, 0.2) is 24.6 Å². The summed E-state index contributed by atoms with van der Waals surface area (Å²) in [5, 5.41) is 2.92. The standard InChI is InChI=1S/C53H65N5O15/c1-13-33-25(3)37-21-39-27(5)35(16-17-44(63)54-18-15-19-68-53-51(72-32(10)62)50(71-31(9)61)49(70-30(8)60)43(73-53)24-69-29(7)59)47(57-39)36(20-45(64)66-11)48-46(52(65)67-12)28(6)40(58-48)23-42-34(14-2)26(4)38(56-42)22-41(33)55-37/h13,21-23,27,35,43,49-51,53,55-56H,1,14-20,24H2,2-12H3,(H,54,63)/t27-,35-,43+,49+,50-,51+,53+/m0/s1. The second kappa shape index (κ2) is 24.0. The Kier molecular flexibility index (Phi) is 18.1. The third kappa shape index (κ3) is 12.5. The maximum Gasteiger partial charge on any atom is 0.340 e. The van der Waals surface area contributed by atoms with Gasteiger partial charge in [0.05, 0.1) is 49.9 Å². The fraction of sp³-hybridized carbons (Fsp3) is 0.491. The number of H-pyrrole nitrogens is 2. The summed E-state index contributed by atoms with van der Waals surface area (Å²) in [6, 6.07) is 5.92. The zero-order chi connectivity index (χ0) is 53.4. The number of allylic oxidation sites excluding steroid dienone is 1. The Morgan fingerprint density at radius 1 is 0.795 bits per heavy atom. The number of fused-ring (bicyclic) bond motifs is 8. The van der Waals surface area contributed by atoms with Crippen LogP contribution in [0.2, 0.25) is 0 Å². The van der Waals surface area contributed by atoms with Crippen LogP contribution >= 0.6 is 0 Å². The molecule has 0 unspecified atom stereocenters. The number of carbonyl (C=O) groups is 7. The molecule has 20 heteroatoms. The van der Waals surface area contributed by atoms with Crippen LogP contribution in [0, 0.1) is 13.8 Å². The van der Waals surface area contributed by atoms with Crippen molar-refractivity contribution >= 4 is 81.0 Å². The fourth-order valence-corrected chi connectivity index (χ4v) is 9.60. The topological polar surface area (TPSA) is 263 Å². The van der Waals surface area contributed by atoms with Crippen molar-refractivity contribution < 1.29 is 71.5 Å². The highest BCUT2D eigenvalue weighted by molar-refractivity contribution is 6.25. The van der Waals surface area contributed by atoms with Gasteiger partial charge in [-0.1, -0.05) is 26.5 Å². The second-order valence-electron chi connectivity index (χ2n) is 18.1. The molecule has 20 nitrogen and oxygen atoms in total. The molecule has 0 aromatic carbocycles. The lowest BCUT2D eigenvalue weighted by Crippen LogP contribution is -2.63. The van der Waals surface area contributed by atoms with E-state index in [0.717, 1.165) is 65.1 Å². The van der Waals surface area contributed by atoms with Gasteiger partial charge in [0, 0.05) is 91.4 Å². The summed E-state index contributed by atoms with van der Waals surface area (Å²) in [5.74, 6) is -5.25. The number of hydrogen-bond donors (Lipinski definition) is 3. The molecule has 1 fully saturated rings. The second-order valence-corrected chi connectivity index (χ2v) is 18.1. The zero-order valence-electron chi connectivity index (χ0n) is 43.2. The van der Waals surface area contributed by atoms with Crippen LogP contribution in [-0.2, 0) is 84.3 Å². The lowest BCUT2D eigenvalue weighted by Gasteiger charge is -2.44. The number of nitrogens with one attached hydrogen (secondary N) is 3. The van der Waals surface area contributed by atoms with E-state index in [9.17, 15) is 33.6 Å². The molecule has 3 aliphatic heterocycles. The molecular weight excluding hydrogens is 947 g/mol. The lowest BCUT2D eigenvalue weighted by molar-refractivity contribution is -0.308. The zero-order valence-corrected chi connectivity index (χ0v) is 43.2.